The standard InChI is InChI=1S/C19H20N8S2/c1-12-3-7-14(8-4-12)16-22-24-18(26(16)20)28-11-29-19-25-23-17(27(19)21)15-9-5-13(2)6-10-15/h3-10H,11,20-21H2,1-2H3. The summed E-state index contributed by atoms with van der Waals surface area (Å²) in [6.45, 7) is 4.08. The van der Waals surface area contributed by atoms with E-state index in [2.05, 4.69) is 20.4 Å². The molecule has 0 fully saturated rings. The van der Waals surface area contributed by atoms with Crippen LogP contribution < -0.4 is 11.7 Å². The van der Waals surface area contributed by atoms with Gasteiger partial charge in [0, 0.05) is 11.1 Å². The van der Waals surface area contributed by atoms with E-state index in [9.17, 15) is 0 Å². The Morgan fingerprint density at radius 2 is 1.03 bits per heavy atom. The SMILES string of the molecule is Cc1ccc(-c2nnc(SCSc3nnc(-c4ccc(C)cc4)n3N)n2N)cc1. The molecule has 0 spiro atoms. The highest BCUT2D eigenvalue weighted by atomic mass is 32.2. The third-order valence-corrected chi connectivity index (χ3v) is 6.34. The lowest BCUT2D eigenvalue weighted by Gasteiger charge is -2.05. The van der Waals surface area contributed by atoms with Crippen molar-refractivity contribution in [3.63, 3.8) is 0 Å². The summed E-state index contributed by atoms with van der Waals surface area (Å²) < 4.78 is 3.00. The minimum Gasteiger partial charge on any atom is -0.335 e. The summed E-state index contributed by atoms with van der Waals surface area (Å²) in [6, 6.07) is 16.0. The molecule has 10 heteroatoms. The van der Waals surface area contributed by atoms with Gasteiger partial charge in [-0.3, -0.25) is 0 Å². The van der Waals surface area contributed by atoms with Crippen LogP contribution in [0, 0.1) is 13.8 Å². The van der Waals surface area contributed by atoms with E-state index in [0.717, 1.165) is 11.1 Å². The van der Waals surface area contributed by atoms with Crippen molar-refractivity contribution in [3.05, 3.63) is 59.7 Å². The molecule has 2 aromatic carbocycles. The highest BCUT2D eigenvalue weighted by Gasteiger charge is 2.15. The Morgan fingerprint density at radius 3 is 1.41 bits per heavy atom. The molecule has 4 aromatic rings. The molecule has 0 saturated carbocycles. The maximum atomic E-state index is 6.18. The molecule has 0 bridgehead atoms. The lowest BCUT2D eigenvalue weighted by Crippen LogP contribution is -2.12. The number of thioether (sulfide) groups is 2. The van der Waals surface area contributed by atoms with Crippen molar-refractivity contribution in [1.29, 1.82) is 0 Å². The predicted molar refractivity (Wildman–Crippen MR) is 117 cm³/mol. The van der Waals surface area contributed by atoms with Crippen LogP contribution in [0.25, 0.3) is 22.8 Å². The molecule has 2 heterocycles. The molecule has 148 valence electrons. The monoisotopic (exact) mass is 424 g/mol. The molecule has 0 aliphatic carbocycles. The zero-order valence-electron chi connectivity index (χ0n) is 16.0. The largest absolute Gasteiger partial charge is 0.335 e. The first kappa shape index (κ1) is 19.3. The molecule has 0 unspecified atom stereocenters. The number of rotatable bonds is 6. The number of nitrogens with two attached hydrogens (primary N) is 2. The van der Waals surface area contributed by atoms with Gasteiger partial charge in [-0.1, -0.05) is 83.2 Å². The number of hydrogen-bond donors (Lipinski definition) is 2. The molecule has 0 aliphatic rings. The van der Waals surface area contributed by atoms with E-state index >= 15 is 0 Å². The molecule has 2 aromatic heterocycles. The molecule has 0 atom stereocenters. The van der Waals surface area contributed by atoms with Gasteiger partial charge in [-0.15, -0.1) is 20.4 Å². The van der Waals surface area contributed by atoms with Crippen LogP contribution in [0.15, 0.2) is 58.8 Å². The van der Waals surface area contributed by atoms with Crippen LogP contribution in [-0.4, -0.2) is 34.8 Å². The summed E-state index contributed by atoms with van der Waals surface area (Å²) in [6.07, 6.45) is 0. The van der Waals surface area contributed by atoms with Crippen LogP contribution in [0.5, 0.6) is 0 Å². The van der Waals surface area contributed by atoms with Crippen molar-refractivity contribution in [3.8, 4) is 22.8 Å². The summed E-state index contributed by atoms with van der Waals surface area (Å²) in [7, 11) is 0. The molecule has 29 heavy (non-hydrogen) atoms. The van der Waals surface area contributed by atoms with Gasteiger partial charge in [-0.25, -0.2) is 9.35 Å². The maximum Gasteiger partial charge on any atom is 0.210 e. The van der Waals surface area contributed by atoms with E-state index in [1.807, 2.05) is 62.4 Å². The van der Waals surface area contributed by atoms with Crippen molar-refractivity contribution < 1.29 is 0 Å². The number of hydrogen-bond acceptors (Lipinski definition) is 8. The smallest absolute Gasteiger partial charge is 0.210 e. The highest BCUT2D eigenvalue weighted by Crippen LogP contribution is 2.28. The third-order valence-electron chi connectivity index (χ3n) is 4.32. The normalized spacial score (nSPS) is 11.1. The lowest BCUT2D eigenvalue weighted by atomic mass is 10.1. The van der Waals surface area contributed by atoms with Crippen LogP contribution in [0.4, 0.5) is 0 Å². The van der Waals surface area contributed by atoms with Crippen LogP contribution in [-0.2, 0) is 0 Å². The topological polar surface area (TPSA) is 113 Å². The van der Waals surface area contributed by atoms with E-state index in [-0.39, 0.29) is 0 Å². The highest BCUT2D eigenvalue weighted by molar-refractivity contribution is 8.15. The van der Waals surface area contributed by atoms with Crippen LogP contribution in [0.3, 0.4) is 0 Å². The molecule has 8 nitrogen and oxygen atoms in total. The second-order valence-electron chi connectivity index (χ2n) is 6.49. The van der Waals surface area contributed by atoms with Gasteiger partial charge in [0.25, 0.3) is 0 Å². The summed E-state index contributed by atoms with van der Waals surface area (Å²) in [5.74, 6) is 13.6. The summed E-state index contributed by atoms with van der Waals surface area (Å²) in [5, 5.41) is 18.7. The average Bonchev–Trinajstić information content (AvgIpc) is 3.27. The molecule has 4 N–H and O–H groups in total. The van der Waals surface area contributed by atoms with Crippen molar-refractivity contribution >= 4 is 23.5 Å². The maximum absolute atomic E-state index is 6.18. The summed E-state index contributed by atoms with van der Waals surface area (Å²) >= 11 is 2.93. The van der Waals surface area contributed by atoms with Crippen LogP contribution >= 0.6 is 23.5 Å². The van der Waals surface area contributed by atoms with Crippen molar-refractivity contribution in [1.82, 2.24) is 29.7 Å². The van der Waals surface area contributed by atoms with E-state index in [1.54, 1.807) is 0 Å². The van der Waals surface area contributed by atoms with Gasteiger partial charge in [0.2, 0.25) is 10.3 Å². The molecule has 0 radical (unpaired) electrons. The van der Waals surface area contributed by atoms with Gasteiger partial charge in [0.1, 0.15) is 0 Å². The Hall–Kier alpha value is -2.98. The van der Waals surface area contributed by atoms with Crippen molar-refractivity contribution in [2.24, 2.45) is 0 Å². The number of nitrogens with zero attached hydrogens (tertiary/aromatic N) is 6. The van der Waals surface area contributed by atoms with E-state index in [1.165, 1.54) is 44.0 Å². The zero-order chi connectivity index (χ0) is 20.4. The second-order valence-corrected chi connectivity index (χ2v) is 8.74. The number of benzene rings is 2. The first-order valence-corrected chi connectivity index (χ1v) is 10.8. The molecule has 0 amide bonds. The van der Waals surface area contributed by atoms with Gasteiger partial charge in [0.15, 0.2) is 11.6 Å². The first-order valence-electron chi connectivity index (χ1n) is 8.83. The second kappa shape index (κ2) is 8.18. The predicted octanol–water partition coefficient (Wildman–Crippen LogP) is 3.09. The Labute approximate surface area is 176 Å². The van der Waals surface area contributed by atoms with Crippen LogP contribution in [0.2, 0.25) is 0 Å². The fourth-order valence-electron chi connectivity index (χ4n) is 2.68. The number of aryl methyl sites for hydroxylation is 2. The van der Waals surface area contributed by atoms with E-state index in [4.69, 9.17) is 11.7 Å². The van der Waals surface area contributed by atoms with Crippen molar-refractivity contribution in [2.45, 2.75) is 24.2 Å². The Bertz CT molecular complexity index is 1030. The van der Waals surface area contributed by atoms with Gasteiger partial charge >= 0.3 is 0 Å². The summed E-state index contributed by atoms with van der Waals surface area (Å²) in [5.41, 5.74) is 4.21. The van der Waals surface area contributed by atoms with Gasteiger partial charge in [-0.05, 0) is 13.8 Å². The number of aromatic nitrogens is 6. The van der Waals surface area contributed by atoms with Gasteiger partial charge in [0.05, 0.1) is 5.08 Å². The van der Waals surface area contributed by atoms with Crippen LogP contribution in [0.1, 0.15) is 11.1 Å². The van der Waals surface area contributed by atoms with E-state index < -0.39 is 0 Å². The lowest BCUT2D eigenvalue weighted by molar-refractivity contribution is 0.848. The molecule has 0 saturated heterocycles. The molecule has 0 aliphatic heterocycles. The third kappa shape index (κ3) is 4.08. The van der Waals surface area contributed by atoms with E-state index in [0.29, 0.717) is 27.0 Å². The van der Waals surface area contributed by atoms with Gasteiger partial charge < -0.3 is 11.7 Å². The quantitative estimate of drug-likeness (QED) is 0.276. The van der Waals surface area contributed by atoms with Gasteiger partial charge in [-0.2, -0.15) is 0 Å². The molecular formula is C19H20N8S2. The molecular weight excluding hydrogens is 404 g/mol. The Morgan fingerprint density at radius 1 is 0.655 bits per heavy atom. The minimum atomic E-state index is 0.618. The minimum absolute atomic E-state index is 0.618. The number of nitrogen functional groups attached to an aromatic ring is 2. The fraction of sp³-hybridized carbons (Fsp3) is 0.158. The Kier molecular flexibility index (Phi) is 5.45. The molecule has 4 rings (SSSR count). The summed E-state index contributed by atoms with van der Waals surface area (Å²) in [4.78, 5) is 0. The zero-order valence-corrected chi connectivity index (χ0v) is 17.6. The average molecular weight is 425 g/mol. The Balaban J connectivity index is 1.42. The first-order chi connectivity index (χ1) is 14.0. The fourth-order valence-corrected chi connectivity index (χ4v) is 4.41. The van der Waals surface area contributed by atoms with Crippen molar-refractivity contribution in [2.75, 3.05) is 16.8 Å².